The van der Waals surface area contributed by atoms with Gasteiger partial charge < -0.3 is 4.74 Å². The molecule has 2 aromatic rings. The van der Waals surface area contributed by atoms with Gasteiger partial charge in [0.25, 0.3) is 0 Å². The molecular formula is C14H10N2O2. The minimum absolute atomic E-state index is 0.352. The fourth-order valence-corrected chi connectivity index (χ4v) is 1.57. The Hall–Kier alpha value is -2.67. The molecule has 0 fully saturated rings. The first-order valence-electron chi connectivity index (χ1n) is 5.34. The van der Waals surface area contributed by atoms with Crippen LogP contribution in [0.25, 0.3) is 0 Å². The number of carbonyl (C=O) groups is 1. The van der Waals surface area contributed by atoms with Gasteiger partial charge in [-0.15, -0.1) is 0 Å². The van der Waals surface area contributed by atoms with E-state index in [0.29, 0.717) is 28.3 Å². The topological polar surface area (TPSA) is 63.0 Å². The lowest BCUT2D eigenvalue weighted by atomic mass is 10.0. The van der Waals surface area contributed by atoms with Crippen molar-refractivity contribution in [2.75, 3.05) is 0 Å². The largest absolute Gasteiger partial charge is 0.438 e. The van der Waals surface area contributed by atoms with E-state index in [4.69, 9.17) is 10.00 Å². The predicted molar refractivity (Wildman–Crippen MR) is 65.6 cm³/mol. The van der Waals surface area contributed by atoms with E-state index in [1.165, 1.54) is 0 Å². The van der Waals surface area contributed by atoms with Gasteiger partial charge in [0.1, 0.15) is 18.1 Å². The number of hydrogen-bond acceptors (Lipinski definition) is 4. The summed E-state index contributed by atoms with van der Waals surface area (Å²) in [6.45, 7) is 1.72. The number of pyridine rings is 1. The van der Waals surface area contributed by atoms with Crippen molar-refractivity contribution in [3.05, 3.63) is 53.2 Å². The van der Waals surface area contributed by atoms with Gasteiger partial charge in [-0.05, 0) is 30.7 Å². The molecule has 0 aliphatic rings. The molecule has 0 unspecified atom stereocenters. The first-order chi connectivity index (χ1) is 8.76. The standard InChI is InChI=1S/C14H10N2O2/c1-10-11(9-17)5-6-13(12(10)8-15)18-14-4-2-3-7-16-14/h2-7,9H,1H3. The molecule has 0 atom stereocenters. The summed E-state index contributed by atoms with van der Waals surface area (Å²) in [4.78, 5) is 14.8. The van der Waals surface area contributed by atoms with Gasteiger partial charge in [0.2, 0.25) is 5.88 Å². The second-order valence-corrected chi connectivity index (χ2v) is 3.65. The van der Waals surface area contributed by atoms with Crippen molar-refractivity contribution < 1.29 is 9.53 Å². The van der Waals surface area contributed by atoms with Crippen LogP contribution in [0, 0.1) is 18.3 Å². The summed E-state index contributed by atoms with van der Waals surface area (Å²) in [5, 5.41) is 9.13. The highest BCUT2D eigenvalue weighted by atomic mass is 16.5. The quantitative estimate of drug-likeness (QED) is 0.771. The Balaban J connectivity index is 2.44. The van der Waals surface area contributed by atoms with Crippen molar-refractivity contribution in [3.8, 4) is 17.7 Å². The zero-order valence-corrected chi connectivity index (χ0v) is 9.75. The predicted octanol–water partition coefficient (Wildman–Crippen LogP) is 2.87. The molecule has 0 bridgehead atoms. The van der Waals surface area contributed by atoms with Gasteiger partial charge >= 0.3 is 0 Å². The molecule has 0 amide bonds. The van der Waals surface area contributed by atoms with E-state index in [9.17, 15) is 4.79 Å². The van der Waals surface area contributed by atoms with Crippen LogP contribution in [0.15, 0.2) is 36.5 Å². The molecule has 1 heterocycles. The average Bonchev–Trinajstić information content (AvgIpc) is 2.40. The molecule has 0 aliphatic heterocycles. The third-order valence-electron chi connectivity index (χ3n) is 2.56. The monoisotopic (exact) mass is 238 g/mol. The second kappa shape index (κ2) is 5.11. The maximum atomic E-state index is 10.8. The third kappa shape index (κ3) is 2.20. The molecule has 88 valence electrons. The van der Waals surface area contributed by atoms with Crippen LogP contribution in [0.5, 0.6) is 11.6 Å². The van der Waals surface area contributed by atoms with Crippen LogP contribution in [0.3, 0.4) is 0 Å². The molecule has 4 nitrogen and oxygen atoms in total. The Morgan fingerprint density at radius 3 is 2.78 bits per heavy atom. The van der Waals surface area contributed by atoms with E-state index in [1.807, 2.05) is 6.07 Å². The summed E-state index contributed by atoms with van der Waals surface area (Å²) in [6, 6.07) is 10.5. The molecule has 0 saturated heterocycles. The summed E-state index contributed by atoms with van der Waals surface area (Å²) in [7, 11) is 0. The van der Waals surface area contributed by atoms with Crippen molar-refractivity contribution in [1.82, 2.24) is 4.98 Å². The van der Waals surface area contributed by atoms with Crippen molar-refractivity contribution in [2.24, 2.45) is 0 Å². The van der Waals surface area contributed by atoms with Crippen LogP contribution >= 0.6 is 0 Å². The van der Waals surface area contributed by atoms with E-state index >= 15 is 0 Å². The van der Waals surface area contributed by atoms with E-state index in [1.54, 1.807) is 43.5 Å². The number of nitriles is 1. The Morgan fingerprint density at radius 1 is 1.33 bits per heavy atom. The molecule has 0 N–H and O–H groups in total. The van der Waals surface area contributed by atoms with Crippen molar-refractivity contribution >= 4 is 6.29 Å². The fraction of sp³-hybridized carbons (Fsp3) is 0.0714. The average molecular weight is 238 g/mol. The smallest absolute Gasteiger partial charge is 0.219 e. The van der Waals surface area contributed by atoms with E-state index in [-0.39, 0.29) is 0 Å². The molecular weight excluding hydrogens is 228 g/mol. The van der Waals surface area contributed by atoms with Crippen molar-refractivity contribution in [3.63, 3.8) is 0 Å². The molecule has 0 saturated carbocycles. The van der Waals surface area contributed by atoms with Crippen LogP contribution in [0.4, 0.5) is 0 Å². The van der Waals surface area contributed by atoms with Gasteiger partial charge in [-0.2, -0.15) is 5.26 Å². The zero-order valence-electron chi connectivity index (χ0n) is 9.75. The minimum Gasteiger partial charge on any atom is -0.438 e. The molecule has 18 heavy (non-hydrogen) atoms. The number of carbonyl (C=O) groups excluding carboxylic acids is 1. The van der Waals surface area contributed by atoms with Crippen molar-refractivity contribution in [1.29, 1.82) is 5.26 Å². The summed E-state index contributed by atoms with van der Waals surface area (Å²) >= 11 is 0. The highest BCUT2D eigenvalue weighted by Gasteiger charge is 2.11. The summed E-state index contributed by atoms with van der Waals surface area (Å²) in [6.07, 6.45) is 2.33. The highest BCUT2D eigenvalue weighted by molar-refractivity contribution is 5.79. The Bertz CT molecular complexity index is 616. The molecule has 0 aliphatic carbocycles. The summed E-state index contributed by atoms with van der Waals surface area (Å²) < 4.78 is 5.53. The van der Waals surface area contributed by atoms with Crippen LogP contribution in [-0.2, 0) is 0 Å². The Labute approximate surface area is 104 Å². The maximum absolute atomic E-state index is 10.8. The number of aromatic nitrogens is 1. The van der Waals surface area contributed by atoms with Gasteiger partial charge in [0.15, 0.2) is 0 Å². The number of rotatable bonds is 3. The number of hydrogen-bond donors (Lipinski definition) is 0. The number of ether oxygens (including phenoxy) is 1. The van der Waals surface area contributed by atoms with Crippen molar-refractivity contribution in [2.45, 2.75) is 6.92 Å². The van der Waals surface area contributed by atoms with Gasteiger partial charge in [0, 0.05) is 17.8 Å². The lowest BCUT2D eigenvalue weighted by molar-refractivity contribution is 0.112. The Morgan fingerprint density at radius 2 is 2.17 bits per heavy atom. The van der Waals surface area contributed by atoms with E-state index in [0.717, 1.165) is 6.29 Å². The van der Waals surface area contributed by atoms with Crippen LogP contribution in [0.1, 0.15) is 21.5 Å². The Kier molecular flexibility index (Phi) is 3.35. The first kappa shape index (κ1) is 11.8. The molecule has 0 radical (unpaired) electrons. The molecule has 1 aromatic heterocycles. The zero-order chi connectivity index (χ0) is 13.0. The molecule has 2 rings (SSSR count). The summed E-state index contributed by atoms with van der Waals surface area (Å²) in [5.41, 5.74) is 1.45. The van der Waals surface area contributed by atoms with E-state index in [2.05, 4.69) is 4.98 Å². The summed E-state index contributed by atoms with van der Waals surface area (Å²) in [5.74, 6) is 0.812. The lowest BCUT2D eigenvalue weighted by Gasteiger charge is -2.09. The van der Waals surface area contributed by atoms with Crippen LogP contribution in [-0.4, -0.2) is 11.3 Å². The first-order valence-corrected chi connectivity index (χ1v) is 5.34. The minimum atomic E-state index is 0.352. The highest BCUT2D eigenvalue weighted by Crippen LogP contribution is 2.27. The van der Waals surface area contributed by atoms with Crippen LogP contribution in [0.2, 0.25) is 0 Å². The van der Waals surface area contributed by atoms with Crippen LogP contribution < -0.4 is 4.74 Å². The number of benzene rings is 1. The van der Waals surface area contributed by atoms with E-state index < -0.39 is 0 Å². The second-order valence-electron chi connectivity index (χ2n) is 3.65. The normalized spacial score (nSPS) is 9.56. The van der Waals surface area contributed by atoms with Gasteiger partial charge in [0.05, 0.1) is 5.56 Å². The van der Waals surface area contributed by atoms with Gasteiger partial charge in [-0.3, -0.25) is 4.79 Å². The SMILES string of the molecule is Cc1c(C=O)ccc(Oc2ccccn2)c1C#N. The lowest BCUT2D eigenvalue weighted by Crippen LogP contribution is -1.96. The number of aldehydes is 1. The third-order valence-corrected chi connectivity index (χ3v) is 2.56. The molecule has 4 heteroatoms. The number of nitrogens with zero attached hydrogens (tertiary/aromatic N) is 2. The fourth-order valence-electron chi connectivity index (χ4n) is 1.57. The van der Waals surface area contributed by atoms with Gasteiger partial charge in [-0.25, -0.2) is 4.98 Å². The van der Waals surface area contributed by atoms with Gasteiger partial charge in [-0.1, -0.05) is 6.07 Å². The molecule has 1 aromatic carbocycles. The maximum Gasteiger partial charge on any atom is 0.219 e. The molecule has 0 spiro atoms.